The van der Waals surface area contributed by atoms with E-state index in [1.807, 2.05) is 13.0 Å². The van der Waals surface area contributed by atoms with Crippen molar-refractivity contribution in [1.82, 2.24) is 9.97 Å². The molecule has 2 heterocycles. The van der Waals surface area contributed by atoms with E-state index in [9.17, 15) is 0 Å². The Morgan fingerprint density at radius 1 is 1.47 bits per heavy atom. The van der Waals surface area contributed by atoms with Crippen LogP contribution in [0.25, 0.3) is 0 Å². The summed E-state index contributed by atoms with van der Waals surface area (Å²) >= 11 is 0. The van der Waals surface area contributed by atoms with Crippen molar-refractivity contribution in [2.24, 2.45) is 5.84 Å². The minimum Gasteiger partial charge on any atom is -0.379 e. The quantitative estimate of drug-likeness (QED) is 0.533. The van der Waals surface area contributed by atoms with Gasteiger partial charge in [-0.15, -0.1) is 0 Å². The minimum absolute atomic E-state index is 0.328. The Labute approximate surface area is 101 Å². The first-order valence-electron chi connectivity index (χ1n) is 6.00. The zero-order valence-corrected chi connectivity index (χ0v) is 10.1. The van der Waals surface area contributed by atoms with Gasteiger partial charge in [0.1, 0.15) is 17.5 Å². The van der Waals surface area contributed by atoms with Gasteiger partial charge in [-0.25, -0.2) is 15.8 Å². The van der Waals surface area contributed by atoms with Crippen molar-refractivity contribution in [1.29, 1.82) is 0 Å². The number of hydrogen-bond acceptors (Lipinski definition) is 6. The van der Waals surface area contributed by atoms with E-state index < -0.39 is 0 Å². The van der Waals surface area contributed by atoms with E-state index in [1.165, 1.54) is 0 Å². The third kappa shape index (κ3) is 3.28. The molecule has 0 bridgehead atoms. The van der Waals surface area contributed by atoms with Crippen LogP contribution in [0.5, 0.6) is 0 Å². The molecular weight excluding hydrogens is 218 g/mol. The van der Waals surface area contributed by atoms with Gasteiger partial charge in [0, 0.05) is 19.1 Å². The molecule has 4 N–H and O–H groups in total. The number of nitrogens with two attached hydrogens (primary N) is 1. The molecule has 0 radical (unpaired) electrons. The average molecular weight is 237 g/mol. The molecule has 1 aliphatic rings. The maximum absolute atomic E-state index is 5.42. The first kappa shape index (κ1) is 12.1. The largest absolute Gasteiger partial charge is 0.379 e. The number of ether oxygens (including phenoxy) is 1. The molecule has 1 aliphatic heterocycles. The highest BCUT2D eigenvalue weighted by molar-refractivity contribution is 5.47. The van der Waals surface area contributed by atoms with E-state index in [1.54, 1.807) is 0 Å². The fourth-order valence-electron chi connectivity index (χ4n) is 1.87. The molecular formula is C11H19N5O. The van der Waals surface area contributed by atoms with Gasteiger partial charge in [-0.05, 0) is 12.8 Å². The van der Waals surface area contributed by atoms with Crippen molar-refractivity contribution in [2.75, 3.05) is 24.0 Å². The third-order valence-corrected chi connectivity index (χ3v) is 2.75. The second-order valence-corrected chi connectivity index (χ2v) is 4.11. The van der Waals surface area contributed by atoms with E-state index >= 15 is 0 Å². The van der Waals surface area contributed by atoms with Crippen LogP contribution in [0.2, 0.25) is 0 Å². The highest BCUT2D eigenvalue weighted by Gasteiger charge is 2.14. The number of hydrogen-bond donors (Lipinski definition) is 3. The summed E-state index contributed by atoms with van der Waals surface area (Å²) < 4.78 is 5.42. The van der Waals surface area contributed by atoms with Gasteiger partial charge in [0.15, 0.2) is 0 Å². The van der Waals surface area contributed by atoms with E-state index in [0.29, 0.717) is 11.9 Å². The standard InChI is InChI=1S/C11H19N5O/c1-2-9-14-10(6-11(15-9)16-12)13-8-4-3-5-17-7-8/h6,8H,2-5,7,12H2,1H3,(H2,13,14,15,16). The van der Waals surface area contributed by atoms with Crippen LogP contribution in [0.15, 0.2) is 6.07 Å². The highest BCUT2D eigenvalue weighted by atomic mass is 16.5. The number of hydrazine groups is 1. The van der Waals surface area contributed by atoms with E-state index in [-0.39, 0.29) is 0 Å². The summed E-state index contributed by atoms with van der Waals surface area (Å²) in [4.78, 5) is 8.67. The van der Waals surface area contributed by atoms with Crippen LogP contribution in [-0.4, -0.2) is 29.2 Å². The van der Waals surface area contributed by atoms with Gasteiger partial charge < -0.3 is 15.5 Å². The molecule has 0 saturated carbocycles. The van der Waals surface area contributed by atoms with Crippen molar-refractivity contribution >= 4 is 11.6 Å². The maximum Gasteiger partial charge on any atom is 0.145 e. The molecule has 1 unspecified atom stereocenters. The average Bonchev–Trinajstić information content (AvgIpc) is 2.39. The summed E-state index contributed by atoms with van der Waals surface area (Å²) in [5, 5.41) is 3.36. The second kappa shape index (κ2) is 5.79. The third-order valence-electron chi connectivity index (χ3n) is 2.75. The second-order valence-electron chi connectivity index (χ2n) is 4.11. The van der Waals surface area contributed by atoms with Crippen LogP contribution in [-0.2, 0) is 11.2 Å². The molecule has 1 saturated heterocycles. The number of nitrogen functional groups attached to an aromatic ring is 1. The van der Waals surface area contributed by atoms with E-state index in [0.717, 1.165) is 44.1 Å². The normalized spacial score (nSPS) is 20.0. The van der Waals surface area contributed by atoms with Crippen LogP contribution in [0.1, 0.15) is 25.6 Å². The van der Waals surface area contributed by atoms with Gasteiger partial charge >= 0.3 is 0 Å². The van der Waals surface area contributed by atoms with Gasteiger partial charge in [0.2, 0.25) is 0 Å². The molecule has 2 rings (SSSR count). The topological polar surface area (TPSA) is 85.1 Å². The molecule has 0 amide bonds. The SMILES string of the molecule is CCc1nc(NN)cc(NC2CCCOC2)n1. The molecule has 0 spiro atoms. The van der Waals surface area contributed by atoms with Crippen molar-refractivity contribution in [3.05, 3.63) is 11.9 Å². The van der Waals surface area contributed by atoms with Gasteiger partial charge in [-0.3, -0.25) is 0 Å². The Hall–Kier alpha value is -1.40. The lowest BCUT2D eigenvalue weighted by Crippen LogP contribution is -2.30. The fraction of sp³-hybridized carbons (Fsp3) is 0.636. The Bertz CT molecular complexity index is 343. The van der Waals surface area contributed by atoms with Crippen molar-refractivity contribution in [2.45, 2.75) is 32.2 Å². The Balaban J connectivity index is 2.07. The molecule has 0 aliphatic carbocycles. The molecule has 6 nitrogen and oxygen atoms in total. The summed E-state index contributed by atoms with van der Waals surface area (Å²) in [5.41, 5.74) is 2.56. The van der Waals surface area contributed by atoms with Crippen LogP contribution >= 0.6 is 0 Å². The van der Waals surface area contributed by atoms with E-state index in [4.69, 9.17) is 10.6 Å². The first-order valence-corrected chi connectivity index (χ1v) is 6.00. The van der Waals surface area contributed by atoms with Crippen molar-refractivity contribution in [3.8, 4) is 0 Å². The summed E-state index contributed by atoms with van der Waals surface area (Å²) in [6.45, 7) is 3.61. The molecule has 6 heteroatoms. The van der Waals surface area contributed by atoms with Gasteiger partial charge in [0.05, 0.1) is 12.6 Å². The molecule has 1 atom stereocenters. The van der Waals surface area contributed by atoms with Gasteiger partial charge in [-0.1, -0.05) is 6.92 Å². The van der Waals surface area contributed by atoms with E-state index in [2.05, 4.69) is 20.7 Å². The first-order chi connectivity index (χ1) is 8.31. The summed E-state index contributed by atoms with van der Waals surface area (Å²) in [6, 6.07) is 2.14. The number of nitrogens with zero attached hydrogens (tertiary/aromatic N) is 2. The molecule has 1 aromatic rings. The molecule has 94 valence electrons. The molecule has 1 aromatic heterocycles. The zero-order chi connectivity index (χ0) is 12.1. The van der Waals surface area contributed by atoms with Crippen molar-refractivity contribution in [3.63, 3.8) is 0 Å². The lowest BCUT2D eigenvalue weighted by atomic mass is 10.1. The lowest BCUT2D eigenvalue weighted by molar-refractivity contribution is 0.0875. The minimum atomic E-state index is 0.328. The maximum atomic E-state index is 5.42. The number of rotatable bonds is 4. The van der Waals surface area contributed by atoms with Crippen LogP contribution in [0.4, 0.5) is 11.6 Å². The summed E-state index contributed by atoms with van der Waals surface area (Å²) in [7, 11) is 0. The predicted molar refractivity (Wildman–Crippen MR) is 66.7 cm³/mol. The van der Waals surface area contributed by atoms with Gasteiger partial charge in [-0.2, -0.15) is 0 Å². The molecule has 17 heavy (non-hydrogen) atoms. The fourth-order valence-corrected chi connectivity index (χ4v) is 1.87. The predicted octanol–water partition coefficient (Wildman–Crippen LogP) is 0.915. The van der Waals surface area contributed by atoms with Crippen LogP contribution in [0.3, 0.4) is 0 Å². The number of aromatic nitrogens is 2. The monoisotopic (exact) mass is 237 g/mol. The lowest BCUT2D eigenvalue weighted by Gasteiger charge is -2.23. The molecule has 0 aromatic carbocycles. The smallest absolute Gasteiger partial charge is 0.145 e. The van der Waals surface area contributed by atoms with Crippen LogP contribution in [0, 0.1) is 0 Å². The zero-order valence-electron chi connectivity index (χ0n) is 10.1. The summed E-state index contributed by atoms with van der Waals surface area (Å²) in [6.07, 6.45) is 2.98. The Morgan fingerprint density at radius 3 is 2.94 bits per heavy atom. The molecule has 1 fully saturated rings. The van der Waals surface area contributed by atoms with Crippen LogP contribution < -0.4 is 16.6 Å². The highest BCUT2D eigenvalue weighted by Crippen LogP contribution is 2.15. The Morgan fingerprint density at radius 2 is 2.29 bits per heavy atom. The van der Waals surface area contributed by atoms with Gasteiger partial charge in [0.25, 0.3) is 0 Å². The number of nitrogens with one attached hydrogen (secondary N) is 2. The number of aryl methyl sites for hydroxylation is 1. The van der Waals surface area contributed by atoms with Crippen molar-refractivity contribution < 1.29 is 4.74 Å². The Kier molecular flexibility index (Phi) is 4.11. The number of anilines is 2. The summed E-state index contributed by atoms with van der Waals surface area (Å²) in [5.74, 6) is 7.60.